The van der Waals surface area contributed by atoms with Crippen LogP contribution in [0.2, 0.25) is 0 Å². The lowest BCUT2D eigenvalue weighted by molar-refractivity contribution is 0.275. The zero-order valence-electron chi connectivity index (χ0n) is 12.2. The van der Waals surface area contributed by atoms with Crippen molar-refractivity contribution in [2.24, 2.45) is 10.8 Å². The Morgan fingerprint density at radius 3 is 1.71 bits per heavy atom. The van der Waals surface area contributed by atoms with Crippen molar-refractivity contribution in [3.05, 3.63) is 17.1 Å². The third-order valence-electron chi connectivity index (χ3n) is 2.11. The van der Waals surface area contributed by atoms with Crippen LogP contribution in [0.5, 0.6) is 0 Å². The maximum Gasteiger partial charge on any atom is 0.364 e. The molecule has 0 spiro atoms. The molecule has 0 unspecified atom stereocenters. The van der Waals surface area contributed by atoms with E-state index < -0.39 is 7.60 Å². The summed E-state index contributed by atoms with van der Waals surface area (Å²) < 4.78 is 22.6. The van der Waals surface area contributed by atoms with Gasteiger partial charge in [0.15, 0.2) is 0 Å². The molecule has 0 heterocycles. The molecule has 100 valence electrons. The normalized spacial score (nSPS) is 13.2. The largest absolute Gasteiger partial charge is 0.364 e. The van der Waals surface area contributed by atoms with Crippen molar-refractivity contribution in [1.82, 2.24) is 0 Å². The average Bonchev–Trinajstić information content (AvgIpc) is 2.13. The van der Waals surface area contributed by atoms with E-state index in [9.17, 15) is 4.57 Å². The fraction of sp³-hybridized carbons (Fsp3) is 0.769. The molecule has 0 aromatic heterocycles. The second-order valence-electron chi connectivity index (χ2n) is 6.12. The molecule has 17 heavy (non-hydrogen) atoms. The monoisotopic (exact) mass is 260 g/mol. The van der Waals surface area contributed by atoms with Gasteiger partial charge in [0.25, 0.3) is 0 Å². The minimum Gasteiger partial charge on any atom is -0.308 e. The van der Waals surface area contributed by atoms with E-state index in [4.69, 9.17) is 9.05 Å². The number of allylic oxidation sites excluding steroid dienone is 1. The van der Waals surface area contributed by atoms with E-state index in [0.717, 1.165) is 0 Å². The van der Waals surface area contributed by atoms with Crippen LogP contribution in [0.25, 0.3) is 0 Å². The Bertz CT molecular complexity index is 355. The number of hydrogen-bond acceptors (Lipinski definition) is 3. The summed E-state index contributed by atoms with van der Waals surface area (Å²) in [5.74, 6) is 0. The molecule has 0 fully saturated rings. The average molecular weight is 260 g/mol. The van der Waals surface area contributed by atoms with Gasteiger partial charge in [-0.2, -0.15) is 0 Å². The third-order valence-corrected chi connectivity index (χ3v) is 4.42. The molecule has 0 aliphatic heterocycles. The zero-order valence-corrected chi connectivity index (χ0v) is 13.1. The van der Waals surface area contributed by atoms with Crippen molar-refractivity contribution < 1.29 is 13.6 Å². The van der Waals surface area contributed by atoms with Crippen LogP contribution < -0.4 is 0 Å². The van der Waals surface area contributed by atoms with Crippen LogP contribution in [-0.4, -0.2) is 14.2 Å². The van der Waals surface area contributed by atoms with Crippen molar-refractivity contribution in [1.29, 1.82) is 0 Å². The zero-order chi connectivity index (χ0) is 13.9. The van der Waals surface area contributed by atoms with Crippen molar-refractivity contribution in [2.75, 3.05) is 14.2 Å². The molecule has 0 aromatic rings. The van der Waals surface area contributed by atoms with Gasteiger partial charge in [0.1, 0.15) is 0 Å². The highest BCUT2D eigenvalue weighted by Gasteiger charge is 2.36. The van der Waals surface area contributed by atoms with Gasteiger partial charge in [0.2, 0.25) is 0 Å². The van der Waals surface area contributed by atoms with E-state index in [-0.39, 0.29) is 10.8 Å². The SMILES string of the molecule is COP(=O)(OC)C(=C=CC(C)(C)C)C(C)(C)C. The van der Waals surface area contributed by atoms with Gasteiger partial charge in [-0.3, -0.25) is 4.57 Å². The summed E-state index contributed by atoms with van der Waals surface area (Å²) in [5.41, 5.74) is 2.78. The van der Waals surface area contributed by atoms with Crippen LogP contribution in [0, 0.1) is 10.8 Å². The van der Waals surface area contributed by atoms with Gasteiger partial charge in [-0.25, -0.2) is 0 Å². The van der Waals surface area contributed by atoms with Crippen molar-refractivity contribution >= 4 is 7.60 Å². The molecule has 0 N–H and O–H groups in total. The summed E-state index contributed by atoms with van der Waals surface area (Å²) in [6.07, 6.45) is 1.90. The molecule has 0 radical (unpaired) electrons. The van der Waals surface area contributed by atoms with Gasteiger partial charge in [-0.1, -0.05) is 41.5 Å². The lowest BCUT2D eigenvalue weighted by Gasteiger charge is -2.26. The van der Waals surface area contributed by atoms with Crippen LogP contribution in [0.15, 0.2) is 17.1 Å². The van der Waals surface area contributed by atoms with Gasteiger partial charge in [0, 0.05) is 19.6 Å². The Kier molecular flexibility index (Phi) is 5.43. The molecule has 0 saturated carbocycles. The highest BCUT2D eigenvalue weighted by atomic mass is 31.2. The Hall–Kier alpha value is -0.330. The van der Waals surface area contributed by atoms with Gasteiger partial charge in [-0.15, -0.1) is 5.73 Å². The van der Waals surface area contributed by atoms with Gasteiger partial charge in [0.05, 0.1) is 5.31 Å². The second kappa shape index (κ2) is 5.54. The first-order chi connectivity index (χ1) is 7.46. The van der Waals surface area contributed by atoms with Gasteiger partial charge < -0.3 is 9.05 Å². The van der Waals surface area contributed by atoms with Gasteiger partial charge >= 0.3 is 7.60 Å². The molecular formula is C13H25O3P. The summed E-state index contributed by atoms with van der Waals surface area (Å²) in [7, 11) is -0.429. The van der Waals surface area contributed by atoms with E-state index in [1.807, 2.05) is 26.8 Å². The fourth-order valence-electron chi connectivity index (χ4n) is 1.25. The lowest BCUT2D eigenvalue weighted by atomic mass is 9.93. The first-order valence-corrected chi connectivity index (χ1v) is 7.21. The Morgan fingerprint density at radius 1 is 1.06 bits per heavy atom. The Morgan fingerprint density at radius 2 is 1.47 bits per heavy atom. The molecule has 0 aliphatic carbocycles. The quantitative estimate of drug-likeness (QED) is 0.549. The van der Waals surface area contributed by atoms with Crippen LogP contribution in [-0.2, 0) is 13.6 Å². The maximum absolute atomic E-state index is 12.5. The van der Waals surface area contributed by atoms with Gasteiger partial charge in [-0.05, 0) is 11.5 Å². The fourth-order valence-corrected chi connectivity index (χ4v) is 2.81. The molecular weight excluding hydrogens is 235 g/mol. The summed E-state index contributed by atoms with van der Waals surface area (Å²) >= 11 is 0. The first-order valence-electron chi connectivity index (χ1n) is 5.67. The molecule has 0 bridgehead atoms. The summed E-state index contributed by atoms with van der Waals surface area (Å²) in [6.45, 7) is 12.1. The molecule has 3 nitrogen and oxygen atoms in total. The highest BCUT2D eigenvalue weighted by molar-refractivity contribution is 7.58. The minimum absolute atomic E-state index is 0.0250. The molecule has 0 aromatic carbocycles. The second-order valence-corrected chi connectivity index (χ2v) is 8.29. The van der Waals surface area contributed by atoms with E-state index in [1.165, 1.54) is 14.2 Å². The highest BCUT2D eigenvalue weighted by Crippen LogP contribution is 2.60. The standard InChI is InChI=1S/C13H25O3P/c1-12(2,3)10-9-11(13(4,5)6)17(14,15-7)16-8/h10H,1-8H3. The predicted octanol–water partition coefficient (Wildman–Crippen LogP) is 4.60. The lowest BCUT2D eigenvalue weighted by Crippen LogP contribution is -2.11. The van der Waals surface area contributed by atoms with Crippen molar-refractivity contribution in [2.45, 2.75) is 41.5 Å². The minimum atomic E-state index is -3.22. The van der Waals surface area contributed by atoms with E-state index in [1.54, 1.807) is 0 Å². The first kappa shape index (κ1) is 16.7. The van der Waals surface area contributed by atoms with E-state index >= 15 is 0 Å². The molecule has 0 aliphatic rings. The Balaban J connectivity index is 5.80. The van der Waals surface area contributed by atoms with E-state index in [2.05, 4.69) is 26.5 Å². The summed E-state index contributed by atoms with van der Waals surface area (Å²) in [6, 6.07) is 0. The van der Waals surface area contributed by atoms with Crippen molar-refractivity contribution in [3.63, 3.8) is 0 Å². The topological polar surface area (TPSA) is 35.5 Å². The smallest absolute Gasteiger partial charge is 0.308 e. The number of rotatable bonds is 3. The Labute approximate surface area is 105 Å². The molecule has 0 saturated heterocycles. The third kappa shape index (κ3) is 5.23. The molecule has 0 rings (SSSR count). The summed E-state index contributed by atoms with van der Waals surface area (Å²) in [4.78, 5) is 0. The molecule has 0 atom stereocenters. The molecule has 4 heteroatoms. The van der Waals surface area contributed by atoms with Crippen LogP contribution in [0.1, 0.15) is 41.5 Å². The van der Waals surface area contributed by atoms with Crippen LogP contribution >= 0.6 is 7.60 Å². The van der Waals surface area contributed by atoms with Crippen LogP contribution in [0.3, 0.4) is 0 Å². The van der Waals surface area contributed by atoms with Crippen molar-refractivity contribution in [3.8, 4) is 0 Å². The van der Waals surface area contributed by atoms with Crippen LogP contribution in [0.4, 0.5) is 0 Å². The summed E-state index contributed by atoms with van der Waals surface area (Å²) in [5, 5.41) is 0.574. The maximum atomic E-state index is 12.5. The molecule has 0 amide bonds. The predicted molar refractivity (Wildman–Crippen MR) is 72.1 cm³/mol. The van der Waals surface area contributed by atoms with E-state index in [0.29, 0.717) is 5.31 Å². The number of hydrogen-bond donors (Lipinski definition) is 0.